The van der Waals surface area contributed by atoms with Crippen LogP contribution in [0, 0.1) is 0 Å². The summed E-state index contributed by atoms with van der Waals surface area (Å²) >= 11 is 0. The van der Waals surface area contributed by atoms with Gasteiger partial charge in [-0.25, -0.2) is 0 Å². The van der Waals surface area contributed by atoms with Crippen molar-refractivity contribution in [2.75, 3.05) is 6.61 Å². The Balaban J connectivity index is 2.98. The van der Waals surface area contributed by atoms with Crippen LogP contribution in [0.5, 0.6) is 0 Å². The molecule has 0 amide bonds. The first-order valence-corrected chi connectivity index (χ1v) is 5.15. The Morgan fingerprint density at radius 1 is 1.75 bits per heavy atom. The third-order valence-corrected chi connectivity index (χ3v) is 2.92. The molecule has 8 heavy (non-hydrogen) atoms. The van der Waals surface area contributed by atoms with Gasteiger partial charge in [0.2, 0.25) is 0 Å². The first kappa shape index (κ1) is 7.92. The molecular formula is C6H13OSi. The molecule has 0 bridgehead atoms. The lowest BCUT2D eigenvalue weighted by molar-refractivity contribution is 0.294. The molecule has 0 aliphatic heterocycles. The van der Waals surface area contributed by atoms with E-state index in [0.717, 1.165) is 12.5 Å². The van der Waals surface area contributed by atoms with Crippen molar-refractivity contribution in [3.8, 4) is 0 Å². The highest BCUT2D eigenvalue weighted by molar-refractivity contribution is 6.62. The first-order chi connectivity index (χ1) is 3.81. The van der Waals surface area contributed by atoms with Gasteiger partial charge in [-0.1, -0.05) is 12.6 Å². The summed E-state index contributed by atoms with van der Waals surface area (Å²) in [5, 5.41) is 8.39. The van der Waals surface area contributed by atoms with E-state index >= 15 is 0 Å². The molecule has 1 N–H and O–H groups in total. The van der Waals surface area contributed by atoms with Gasteiger partial charge >= 0.3 is 0 Å². The van der Waals surface area contributed by atoms with Gasteiger partial charge < -0.3 is 5.11 Å². The lowest BCUT2D eigenvalue weighted by Gasteiger charge is -1.98. The summed E-state index contributed by atoms with van der Waals surface area (Å²) in [5.74, 6) is 0. The number of aliphatic hydroxyl groups is 1. The Bertz CT molecular complexity index is 63.5. The topological polar surface area (TPSA) is 20.2 Å². The minimum Gasteiger partial charge on any atom is -0.396 e. The number of aliphatic hydroxyl groups excluding tert-OH is 1. The fourth-order valence-corrected chi connectivity index (χ4v) is 1.38. The van der Waals surface area contributed by atoms with Crippen molar-refractivity contribution >= 4 is 8.80 Å². The molecule has 0 fully saturated rings. The summed E-state index contributed by atoms with van der Waals surface area (Å²) in [5.41, 5.74) is 2.01. The quantitative estimate of drug-likeness (QED) is 0.566. The van der Waals surface area contributed by atoms with Crippen LogP contribution in [0.25, 0.3) is 0 Å². The zero-order valence-corrected chi connectivity index (χ0v) is 6.35. The van der Waals surface area contributed by atoms with E-state index in [1.165, 1.54) is 0 Å². The van der Waals surface area contributed by atoms with Crippen molar-refractivity contribution in [2.24, 2.45) is 0 Å². The molecule has 0 aliphatic rings. The second-order valence-electron chi connectivity index (χ2n) is 1.88. The summed E-state index contributed by atoms with van der Waals surface area (Å²) in [4.78, 5) is 0. The van der Waals surface area contributed by atoms with Crippen LogP contribution < -0.4 is 0 Å². The highest BCUT2D eigenvalue weighted by atomic mass is 28.3. The van der Waals surface area contributed by atoms with E-state index in [1.807, 2.05) is 5.70 Å². The molecule has 0 saturated carbocycles. The van der Waals surface area contributed by atoms with Crippen molar-refractivity contribution < 1.29 is 5.11 Å². The number of hydrogen-bond donors (Lipinski definition) is 1. The molecule has 0 aromatic heterocycles. The van der Waals surface area contributed by atoms with E-state index in [2.05, 4.69) is 13.1 Å². The van der Waals surface area contributed by atoms with Gasteiger partial charge in [-0.15, -0.1) is 12.3 Å². The van der Waals surface area contributed by atoms with Crippen molar-refractivity contribution in [1.82, 2.24) is 0 Å². The zero-order valence-electron chi connectivity index (χ0n) is 5.35. The van der Waals surface area contributed by atoms with Crippen LogP contribution >= 0.6 is 0 Å². The average molecular weight is 129 g/mol. The Morgan fingerprint density at radius 3 is 2.75 bits per heavy atom. The molecule has 1 radical (unpaired) electrons. The first-order valence-electron chi connectivity index (χ1n) is 2.87. The van der Waals surface area contributed by atoms with Crippen LogP contribution in [0.1, 0.15) is 6.42 Å². The van der Waals surface area contributed by atoms with Gasteiger partial charge in [-0.2, -0.15) is 0 Å². The highest BCUT2D eigenvalue weighted by Gasteiger charge is 1.95. The lowest BCUT2D eigenvalue weighted by atomic mass is 10.5. The maximum Gasteiger partial charge on any atom is 0.0718 e. The molecule has 2 heteroatoms. The molecule has 0 aromatic rings. The molecule has 47 valence electrons. The second-order valence-corrected chi connectivity index (χ2v) is 4.48. The van der Waals surface area contributed by atoms with E-state index in [0.29, 0.717) is 6.61 Å². The van der Waals surface area contributed by atoms with Gasteiger partial charge in [0.1, 0.15) is 0 Å². The van der Waals surface area contributed by atoms with Gasteiger partial charge in [0, 0.05) is 6.61 Å². The Morgan fingerprint density at radius 2 is 2.38 bits per heavy atom. The minimum atomic E-state index is -0.288. The summed E-state index contributed by atoms with van der Waals surface area (Å²) in [6.45, 7) is 6.21. The molecule has 1 nitrogen and oxygen atoms in total. The standard InChI is InChI=1S/C6H13OSi/c1-3-8(2)6-4-5-7/h3,7H,1,4-6H2,2H3. The van der Waals surface area contributed by atoms with Crippen LogP contribution in [0.15, 0.2) is 12.3 Å². The molecule has 0 unspecified atom stereocenters. The predicted molar refractivity (Wildman–Crippen MR) is 38.3 cm³/mol. The van der Waals surface area contributed by atoms with Crippen LogP contribution in [0.2, 0.25) is 12.6 Å². The maximum absolute atomic E-state index is 8.39. The van der Waals surface area contributed by atoms with E-state index in [1.54, 1.807) is 0 Å². The normalized spacial score (nSPS) is 9.88. The Kier molecular flexibility index (Phi) is 5.01. The van der Waals surface area contributed by atoms with Gasteiger partial charge in [0.15, 0.2) is 0 Å². The molecule has 0 rings (SSSR count). The zero-order chi connectivity index (χ0) is 6.41. The predicted octanol–water partition coefficient (Wildman–Crippen LogP) is 1.22. The molecule has 0 aliphatic carbocycles. The third-order valence-electron chi connectivity index (χ3n) is 1.08. The van der Waals surface area contributed by atoms with E-state index < -0.39 is 0 Å². The smallest absolute Gasteiger partial charge is 0.0718 e. The van der Waals surface area contributed by atoms with Crippen LogP contribution in [-0.4, -0.2) is 20.5 Å². The van der Waals surface area contributed by atoms with Crippen molar-refractivity contribution in [3.05, 3.63) is 12.3 Å². The highest BCUT2D eigenvalue weighted by Crippen LogP contribution is 1.95. The minimum absolute atomic E-state index is 0.288. The summed E-state index contributed by atoms with van der Waals surface area (Å²) in [7, 11) is -0.288. The average Bonchev–Trinajstić information content (AvgIpc) is 1.83. The van der Waals surface area contributed by atoms with E-state index in [9.17, 15) is 0 Å². The molecule has 0 aromatic carbocycles. The fourth-order valence-electron chi connectivity index (χ4n) is 0.460. The van der Waals surface area contributed by atoms with E-state index in [-0.39, 0.29) is 8.80 Å². The van der Waals surface area contributed by atoms with Crippen molar-refractivity contribution in [1.29, 1.82) is 0 Å². The molecule has 0 spiro atoms. The molecule has 0 heterocycles. The number of hydrogen-bond acceptors (Lipinski definition) is 1. The van der Waals surface area contributed by atoms with Gasteiger partial charge in [0.25, 0.3) is 0 Å². The third kappa shape index (κ3) is 4.09. The molecule has 0 saturated heterocycles. The van der Waals surface area contributed by atoms with Gasteiger partial charge in [-0.05, 0) is 6.42 Å². The summed E-state index contributed by atoms with van der Waals surface area (Å²) < 4.78 is 0. The van der Waals surface area contributed by atoms with Crippen LogP contribution in [-0.2, 0) is 0 Å². The molecular weight excluding hydrogens is 116 g/mol. The van der Waals surface area contributed by atoms with Crippen molar-refractivity contribution in [3.63, 3.8) is 0 Å². The fraction of sp³-hybridized carbons (Fsp3) is 0.667. The van der Waals surface area contributed by atoms with Crippen LogP contribution in [0.3, 0.4) is 0 Å². The van der Waals surface area contributed by atoms with Crippen LogP contribution in [0.4, 0.5) is 0 Å². The summed E-state index contributed by atoms with van der Waals surface area (Å²) in [6.07, 6.45) is 0.941. The molecule has 0 atom stereocenters. The maximum atomic E-state index is 8.39. The van der Waals surface area contributed by atoms with Crippen molar-refractivity contribution in [2.45, 2.75) is 19.0 Å². The SMILES string of the molecule is C=C[Si](C)CCCO. The monoisotopic (exact) mass is 129 g/mol. The largest absolute Gasteiger partial charge is 0.396 e. The second kappa shape index (κ2) is 5.06. The van der Waals surface area contributed by atoms with Gasteiger partial charge in [0.05, 0.1) is 8.80 Å². The summed E-state index contributed by atoms with van der Waals surface area (Å²) in [6, 6.07) is 1.16. The Labute approximate surface area is 52.6 Å². The van der Waals surface area contributed by atoms with Gasteiger partial charge in [-0.3, -0.25) is 0 Å². The van der Waals surface area contributed by atoms with E-state index in [4.69, 9.17) is 5.11 Å². The number of rotatable bonds is 4. The Hall–Kier alpha value is -0.0831. The lowest BCUT2D eigenvalue weighted by Crippen LogP contribution is -2.01.